The molecular formula is C26H31F3N2O4S. The van der Waals surface area contributed by atoms with Crippen LogP contribution in [0, 0.1) is 23.4 Å². The van der Waals surface area contributed by atoms with Crippen LogP contribution >= 0.6 is 0 Å². The van der Waals surface area contributed by atoms with Gasteiger partial charge < -0.3 is 10.0 Å². The van der Waals surface area contributed by atoms with Crippen LogP contribution in [-0.2, 0) is 21.2 Å². The van der Waals surface area contributed by atoms with E-state index in [-0.39, 0.29) is 35.1 Å². The van der Waals surface area contributed by atoms with Crippen LogP contribution in [0.2, 0.25) is 0 Å². The number of piperidine rings is 2. The van der Waals surface area contributed by atoms with Crippen molar-refractivity contribution in [2.24, 2.45) is 5.92 Å². The van der Waals surface area contributed by atoms with Crippen LogP contribution in [0.5, 0.6) is 0 Å². The number of benzene rings is 2. The summed E-state index contributed by atoms with van der Waals surface area (Å²) in [7, 11) is -3.71. The van der Waals surface area contributed by atoms with Crippen molar-refractivity contribution in [1.29, 1.82) is 0 Å². The summed E-state index contributed by atoms with van der Waals surface area (Å²) in [6.07, 6.45) is 1.11. The number of hydrogen-bond acceptors (Lipinski definition) is 4. The van der Waals surface area contributed by atoms with Crippen LogP contribution in [0.1, 0.15) is 46.1 Å². The minimum atomic E-state index is -3.71. The molecule has 0 radical (unpaired) electrons. The number of nitrogens with one attached hydrogen (secondary N) is 1. The van der Waals surface area contributed by atoms with Gasteiger partial charge in [-0.05, 0) is 76.1 Å². The third-order valence-corrected chi connectivity index (χ3v) is 9.02. The van der Waals surface area contributed by atoms with E-state index in [1.165, 1.54) is 30.9 Å². The number of rotatable bonds is 7. The molecule has 2 saturated heterocycles. The topological polar surface area (TPSA) is 86.7 Å². The first-order chi connectivity index (χ1) is 16.7. The van der Waals surface area contributed by atoms with Crippen molar-refractivity contribution in [3.8, 4) is 11.1 Å². The number of hydrogen-bond donors (Lipinski definition) is 2. The van der Waals surface area contributed by atoms with Gasteiger partial charge in [-0.3, -0.25) is 4.79 Å². The Balaban J connectivity index is 1.76. The Kier molecular flexibility index (Phi) is 7.00. The van der Waals surface area contributed by atoms with Gasteiger partial charge >= 0.3 is 0 Å². The highest BCUT2D eigenvalue weighted by molar-refractivity contribution is 7.90. The number of halogens is 3. The maximum Gasteiger partial charge on any atom is 0.254 e. The first-order valence-electron chi connectivity index (χ1n) is 12.0. The largest absolute Gasteiger partial charge is 0.381 e. The SMILES string of the molecule is CC(C)S(=O)(=O)N[C@H]1C2CC(C2)N(C(=O)C(C)(C)O)[C@H]1Cc1cccc(-c2cc(F)cc(F)c2)c1F. The van der Waals surface area contributed by atoms with E-state index >= 15 is 4.39 Å². The lowest BCUT2D eigenvalue weighted by atomic mass is 9.66. The zero-order chi connectivity index (χ0) is 26.6. The Morgan fingerprint density at radius 3 is 2.31 bits per heavy atom. The predicted molar refractivity (Wildman–Crippen MR) is 130 cm³/mol. The molecule has 1 saturated carbocycles. The average molecular weight is 525 g/mol. The van der Waals surface area contributed by atoms with E-state index in [9.17, 15) is 27.1 Å². The van der Waals surface area contributed by atoms with Gasteiger partial charge in [-0.2, -0.15) is 0 Å². The molecule has 2 heterocycles. The molecule has 6 nitrogen and oxygen atoms in total. The Bertz CT molecular complexity index is 1250. The summed E-state index contributed by atoms with van der Waals surface area (Å²) < 4.78 is 71.6. The summed E-state index contributed by atoms with van der Waals surface area (Å²) in [5.74, 6) is -2.99. The summed E-state index contributed by atoms with van der Waals surface area (Å²) in [6.45, 7) is 5.82. The monoisotopic (exact) mass is 524 g/mol. The third kappa shape index (κ3) is 5.03. The minimum Gasteiger partial charge on any atom is -0.381 e. The molecule has 0 aromatic heterocycles. The van der Waals surface area contributed by atoms with Gasteiger partial charge in [-0.15, -0.1) is 0 Å². The molecule has 1 amide bonds. The summed E-state index contributed by atoms with van der Waals surface area (Å²) in [6, 6.07) is 5.60. The van der Waals surface area contributed by atoms with Crippen molar-refractivity contribution in [3.05, 3.63) is 59.4 Å². The first kappa shape index (κ1) is 26.6. The molecular weight excluding hydrogens is 493 g/mol. The second kappa shape index (κ2) is 9.46. The minimum absolute atomic E-state index is 0.00783. The Hall–Kier alpha value is -2.43. The van der Waals surface area contributed by atoms with Crippen molar-refractivity contribution >= 4 is 15.9 Å². The Morgan fingerprint density at radius 2 is 1.75 bits per heavy atom. The maximum atomic E-state index is 15.7. The lowest BCUT2D eigenvalue weighted by Crippen LogP contribution is -2.72. The molecule has 0 spiro atoms. The molecule has 2 aliphatic heterocycles. The van der Waals surface area contributed by atoms with Gasteiger partial charge in [-0.25, -0.2) is 26.3 Å². The van der Waals surface area contributed by atoms with Crippen LogP contribution < -0.4 is 4.72 Å². The molecule has 2 N–H and O–H groups in total. The zero-order valence-corrected chi connectivity index (χ0v) is 21.4. The summed E-state index contributed by atoms with van der Waals surface area (Å²) in [5.41, 5.74) is -1.51. The van der Waals surface area contributed by atoms with Crippen LogP contribution in [0.4, 0.5) is 13.2 Å². The van der Waals surface area contributed by atoms with Gasteiger partial charge in [0.15, 0.2) is 0 Å². The normalized spacial score (nSPS) is 24.1. The molecule has 2 atom stereocenters. The van der Waals surface area contributed by atoms with E-state index in [2.05, 4.69) is 4.72 Å². The van der Waals surface area contributed by atoms with E-state index in [0.29, 0.717) is 18.9 Å². The molecule has 3 aliphatic rings. The summed E-state index contributed by atoms with van der Waals surface area (Å²) in [4.78, 5) is 14.8. The van der Waals surface area contributed by atoms with Gasteiger partial charge in [0.2, 0.25) is 10.0 Å². The van der Waals surface area contributed by atoms with E-state index < -0.39 is 56.3 Å². The highest BCUT2D eigenvalue weighted by atomic mass is 32.2. The fourth-order valence-corrected chi connectivity index (χ4v) is 6.16. The van der Waals surface area contributed by atoms with E-state index in [4.69, 9.17) is 0 Å². The molecule has 196 valence electrons. The van der Waals surface area contributed by atoms with Gasteiger partial charge in [0, 0.05) is 23.7 Å². The van der Waals surface area contributed by atoms with E-state index in [0.717, 1.165) is 12.1 Å². The molecule has 10 heteroatoms. The van der Waals surface area contributed by atoms with Crippen LogP contribution in [0.25, 0.3) is 11.1 Å². The first-order valence-corrected chi connectivity index (χ1v) is 13.5. The smallest absolute Gasteiger partial charge is 0.254 e. The maximum absolute atomic E-state index is 15.7. The number of fused-ring (bicyclic) bond motifs is 2. The molecule has 0 unspecified atom stereocenters. The molecule has 2 aromatic carbocycles. The van der Waals surface area contributed by atoms with Crippen LogP contribution in [0.3, 0.4) is 0 Å². The van der Waals surface area contributed by atoms with Crippen molar-refractivity contribution < 1.29 is 31.5 Å². The number of amides is 1. The fraction of sp³-hybridized carbons (Fsp3) is 0.500. The lowest BCUT2D eigenvalue weighted by Gasteiger charge is -2.59. The number of nitrogens with zero attached hydrogens (tertiary/aromatic N) is 1. The Morgan fingerprint density at radius 1 is 1.14 bits per heavy atom. The average Bonchev–Trinajstić information content (AvgIpc) is 2.72. The predicted octanol–water partition coefficient (Wildman–Crippen LogP) is 3.77. The molecule has 3 fully saturated rings. The second-order valence-corrected chi connectivity index (χ2v) is 12.9. The van der Waals surface area contributed by atoms with E-state index in [1.54, 1.807) is 19.9 Å². The van der Waals surface area contributed by atoms with Crippen molar-refractivity contribution in [2.75, 3.05) is 0 Å². The molecule has 5 rings (SSSR count). The summed E-state index contributed by atoms with van der Waals surface area (Å²) >= 11 is 0. The summed E-state index contributed by atoms with van der Waals surface area (Å²) in [5, 5.41) is 9.78. The lowest BCUT2D eigenvalue weighted by molar-refractivity contribution is -0.166. The zero-order valence-electron chi connectivity index (χ0n) is 20.6. The Labute approximate surface area is 209 Å². The number of carbonyl (C=O) groups is 1. The standard InChI is InChI=1S/C26H31F3N2O4S/c1-14(2)36(34,35)30-24-17-10-20(11-17)31(25(32)26(3,4)33)22(24)12-15-6-5-7-21(23(15)29)16-8-18(27)13-19(28)9-16/h5-9,13-14,17,20,22,24,30,33H,10-12H2,1-4H3/t17?,20?,22-,24-/m0/s1. The molecule has 1 aliphatic carbocycles. The number of carbonyl (C=O) groups excluding carboxylic acids is 1. The highest BCUT2D eigenvalue weighted by Gasteiger charge is 2.55. The van der Waals surface area contributed by atoms with Gasteiger partial charge in [0.1, 0.15) is 23.1 Å². The fourth-order valence-electron chi connectivity index (χ4n) is 5.16. The molecule has 2 bridgehead atoms. The number of aliphatic hydroxyl groups is 1. The van der Waals surface area contributed by atoms with Crippen molar-refractivity contribution in [1.82, 2.24) is 9.62 Å². The molecule has 36 heavy (non-hydrogen) atoms. The van der Waals surface area contributed by atoms with Gasteiger partial charge in [-0.1, -0.05) is 18.2 Å². The molecule has 2 aromatic rings. The van der Waals surface area contributed by atoms with Gasteiger partial charge in [0.05, 0.1) is 11.3 Å². The highest BCUT2D eigenvalue weighted by Crippen LogP contribution is 2.45. The van der Waals surface area contributed by atoms with Crippen LogP contribution in [-0.4, -0.2) is 53.3 Å². The van der Waals surface area contributed by atoms with Crippen LogP contribution in [0.15, 0.2) is 36.4 Å². The van der Waals surface area contributed by atoms with Crippen molar-refractivity contribution in [3.63, 3.8) is 0 Å². The number of sulfonamides is 1. The van der Waals surface area contributed by atoms with Gasteiger partial charge in [0.25, 0.3) is 5.91 Å². The van der Waals surface area contributed by atoms with Crippen molar-refractivity contribution in [2.45, 2.75) is 75.9 Å². The third-order valence-electron chi connectivity index (χ3n) is 7.18. The second-order valence-electron chi connectivity index (χ2n) is 10.6. The van der Waals surface area contributed by atoms with E-state index in [1.807, 2.05) is 0 Å². The quantitative estimate of drug-likeness (QED) is 0.578.